The summed E-state index contributed by atoms with van der Waals surface area (Å²) < 4.78 is 4.91. The zero-order chi connectivity index (χ0) is 20.1. The summed E-state index contributed by atoms with van der Waals surface area (Å²) in [5.74, 6) is 0.0769. The summed E-state index contributed by atoms with van der Waals surface area (Å²) in [4.78, 5) is 12.0. The molecule has 7 heteroatoms. The standard InChI is InChI=1S/C21H25Cl2N3OS/c1-14(2)28-25-20(27)8-4-6-15-5-3-7-16-12-24-26(21(15)16)13-17-9-10-18(22)11-19(17)23/h6,9-12,14H,3-5,7-8,13H2,1-2H3,(H,25,27)/b15-6+. The number of benzene rings is 1. The smallest absolute Gasteiger partial charge is 0.230 e. The van der Waals surface area contributed by atoms with E-state index >= 15 is 0 Å². The van der Waals surface area contributed by atoms with Crippen LogP contribution < -0.4 is 4.72 Å². The van der Waals surface area contributed by atoms with Gasteiger partial charge in [0.25, 0.3) is 0 Å². The van der Waals surface area contributed by atoms with Gasteiger partial charge < -0.3 is 0 Å². The van der Waals surface area contributed by atoms with E-state index in [4.69, 9.17) is 23.2 Å². The van der Waals surface area contributed by atoms with Crippen molar-refractivity contribution in [1.29, 1.82) is 0 Å². The highest BCUT2D eigenvalue weighted by Gasteiger charge is 2.20. The number of carbonyl (C=O) groups is 1. The molecular weight excluding hydrogens is 413 g/mol. The van der Waals surface area contributed by atoms with Crippen molar-refractivity contribution >= 4 is 46.6 Å². The maximum atomic E-state index is 12.0. The van der Waals surface area contributed by atoms with Crippen molar-refractivity contribution in [2.24, 2.45) is 0 Å². The molecule has 0 fully saturated rings. The molecule has 1 aromatic heterocycles. The van der Waals surface area contributed by atoms with Crippen molar-refractivity contribution in [3.05, 3.63) is 57.3 Å². The summed E-state index contributed by atoms with van der Waals surface area (Å²) in [6.07, 6.45) is 8.53. The zero-order valence-corrected chi connectivity index (χ0v) is 18.5. The van der Waals surface area contributed by atoms with Crippen LogP contribution >= 0.6 is 35.1 Å². The van der Waals surface area contributed by atoms with Crippen LogP contribution in [0.15, 0.2) is 30.5 Å². The average molecular weight is 438 g/mol. The number of nitrogens with zero attached hydrogens (tertiary/aromatic N) is 2. The van der Waals surface area contributed by atoms with Gasteiger partial charge in [-0.3, -0.25) is 14.2 Å². The molecule has 3 rings (SSSR count). The molecule has 1 aliphatic carbocycles. The normalized spacial score (nSPS) is 15.1. The first kappa shape index (κ1) is 21.3. The lowest BCUT2D eigenvalue weighted by Gasteiger charge is -2.18. The summed E-state index contributed by atoms with van der Waals surface area (Å²) in [5.41, 5.74) is 4.71. The first-order valence-corrected chi connectivity index (χ1v) is 11.2. The van der Waals surface area contributed by atoms with Gasteiger partial charge in [-0.15, -0.1) is 0 Å². The number of amides is 1. The molecule has 0 unspecified atom stereocenters. The van der Waals surface area contributed by atoms with Crippen molar-refractivity contribution in [3.63, 3.8) is 0 Å². The van der Waals surface area contributed by atoms with Gasteiger partial charge in [-0.25, -0.2) is 0 Å². The number of nitrogens with one attached hydrogen (secondary N) is 1. The number of halogens is 2. The highest BCUT2D eigenvalue weighted by molar-refractivity contribution is 7.98. The van der Waals surface area contributed by atoms with Crippen LogP contribution in [0.3, 0.4) is 0 Å². The van der Waals surface area contributed by atoms with Crippen molar-refractivity contribution in [2.45, 2.75) is 57.7 Å². The first-order valence-electron chi connectivity index (χ1n) is 9.56. The number of hydrogen-bond acceptors (Lipinski definition) is 3. The number of carbonyl (C=O) groups excluding carboxylic acids is 1. The van der Waals surface area contributed by atoms with E-state index in [0.717, 1.165) is 31.2 Å². The van der Waals surface area contributed by atoms with Crippen LogP contribution in [0.1, 0.15) is 56.4 Å². The highest BCUT2D eigenvalue weighted by atomic mass is 35.5. The van der Waals surface area contributed by atoms with Gasteiger partial charge in [0.1, 0.15) is 0 Å². The number of rotatable bonds is 7. The molecule has 4 nitrogen and oxygen atoms in total. The van der Waals surface area contributed by atoms with Crippen LogP contribution in [0, 0.1) is 0 Å². The summed E-state index contributed by atoms with van der Waals surface area (Å²) >= 11 is 13.8. The second-order valence-electron chi connectivity index (χ2n) is 7.23. The van der Waals surface area contributed by atoms with Crippen molar-refractivity contribution in [1.82, 2.24) is 14.5 Å². The molecule has 0 atom stereocenters. The summed E-state index contributed by atoms with van der Waals surface area (Å²) in [6.45, 7) is 4.73. The molecule has 1 aromatic carbocycles. The minimum Gasteiger partial charge on any atom is -0.300 e. The number of aromatic nitrogens is 2. The fourth-order valence-electron chi connectivity index (χ4n) is 3.31. The van der Waals surface area contributed by atoms with Crippen molar-refractivity contribution < 1.29 is 4.79 Å². The Morgan fingerprint density at radius 3 is 2.93 bits per heavy atom. The Bertz CT molecular complexity index is 877. The Hall–Kier alpha value is -1.43. The molecule has 0 bridgehead atoms. The average Bonchev–Trinajstić information content (AvgIpc) is 3.06. The van der Waals surface area contributed by atoms with Crippen LogP contribution in [0.25, 0.3) is 5.57 Å². The van der Waals surface area contributed by atoms with Gasteiger partial charge in [0, 0.05) is 21.7 Å². The van der Waals surface area contributed by atoms with Crippen LogP contribution in [-0.2, 0) is 17.8 Å². The molecule has 1 N–H and O–H groups in total. The lowest BCUT2D eigenvalue weighted by Crippen LogP contribution is -2.17. The molecule has 1 aliphatic rings. The summed E-state index contributed by atoms with van der Waals surface area (Å²) in [6, 6.07) is 5.56. The molecule has 0 spiro atoms. The molecule has 0 saturated carbocycles. The second-order valence-corrected chi connectivity index (χ2v) is 9.45. The van der Waals surface area contributed by atoms with E-state index in [2.05, 4.69) is 29.7 Å². The van der Waals surface area contributed by atoms with E-state index < -0.39 is 0 Å². The first-order chi connectivity index (χ1) is 13.4. The fourth-order valence-corrected chi connectivity index (χ4v) is 4.25. The minimum atomic E-state index is 0.0769. The van der Waals surface area contributed by atoms with E-state index in [0.29, 0.717) is 28.3 Å². The zero-order valence-electron chi connectivity index (χ0n) is 16.2. The molecule has 28 heavy (non-hydrogen) atoms. The molecule has 0 saturated heterocycles. The van der Waals surface area contributed by atoms with Gasteiger partial charge in [-0.2, -0.15) is 5.10 Å². The molecule has 1 heterocycles. The number of aryl methyl sites for hydroxylation is 1. The summed E-state index contributed by atoms with van der Waals surface area (Å²) in [5, 5.41) is 6.27. The molecule has 0 radical (unpaired) electrons. The van der Waals surface area contributed by atoms with Gasteiger partial charge >= 0.3 is 0 Å². The van der Waals surface area contributed by atoms with Gasteiger partial charge in [-0.05, 0) is 66.5 Å². The van der Waals surface area contributed by atoms with Crippen LogP contribution in [0.4, 0.5) is 0 Å². The van der Waals surface area contributed by atoms with Gasteiger partial charge in [-0.1, -0.05) is 49.2 Å². The van der Waals surface area contributed by atoms with E-state index in [1.807, 2.05) is 23.0 Å². The predicted molar refractivity (Wildman–Crippen MR) is 119 cm³/mol. The van der Waals surface area contributed by atoms with E-state index in [-0.39, 0.29) is 5.91 Å². The Kier molecular flexibility index (Phi) is 7.49. The molecular formula is C21H25Cl2N3OS. The van der Waals surface area contributed by atoms with Crippen molar-refractivity contribution in [2.75, 3.05) is 0 Å². The minimum absolute atomic E-state index is 0.0769. The molecule has 150 valence electrons. The Morgan fingerprint density at radius 1 is 1.36 bits per heavy atom. The van der Waals surface area contributed by atoms with Crippen LogP contribution in [0.5, 0.6) is 0 Å². The van der Waals surface area contributed by atoms with Gasteiger partial charge in [0.15, 0.2) is 0 Å². The maximum absolute atomic E-state index is 12.0. The topological polar surface area (TPSA) is 46.9 Å². The number of allylic oxidation sites excluding steroid dienone is 2. The van der Waals surface area contributed by atoms with Crippen LogP contribution in [-0.4, -0.2) is 20.9 Å². The number of hydrogen-bond donors (Lipinski definition) is 1. The van der Waals surface area contributed by atoms with Gasteiger partial charge in [0.2, 0.25) is 5.91 Å². The van der Waals surface area contributed by atoms with E-state index in [1.165, 1.54) is 28.8 Å². The van der Waals surface area contributed by atoms with E-state index in [9.17, 15) is 4.79 Å². The third-order valence-corrected chi connectivity index (χ3v) is 6.02. The summed E-state index contributed by atoms with van der Waals surface area (Å²) in [7, 11) is 0. The SMILES string of the molecule is CC(C)SNC(=O)CC/C=C1\CCCc2cnn(Cc3ccc(Cl)cc3Cl)c21. The third-order valence-electron chi connectivity index (χ3n) is 4.62. The molecule has 1 amide bonds. The molecule has 0 aliphatic heterocycles. The van der Waals surface area contributed by atoms with Crippen LogP contribution in [0.2, 0.25) is 10.0 Å². The monoisotopic (exact) mass is 437 g/mol. The van der Waals surface area contributed by atoms with Crippen molar-refractivity contribution in [3.8, 4) is 0 Å². The maximum Gasteiger partial charge on any atom is 0.230 e. The lowest BCUT2D eigenvalue weighted by molar-refractivity contribution is -0.119. The highest BCUT2D eigenvalue weighted by Crippen LogP contribution is 2.32. The fraction of sp³-hybridized carbons (Fsp3) is 0.429. The quantitative estimate of drug-likeness (QED) is 0.547. The van der Waals surface area contributed by atoms with Gasteiger partial charge in [0.05, 0.1) is 18.4 Å². The Morgan fingerprint density at radius 2 is 2.18 bits per heavy atom. The Balaban J connectivity index is 1.72. The largest absolute Gasteiger partial charge is 0.300 e. The lowest BCUT2D eigenvalue weighted by atomic mass is 9.92. The van der Waals surface area contributed by atoms with E-state index in [1.54, 1.807) is 6.07 Å². The predicted octanol–water partition coefficient (Wildman–Crippen LogP) is 5.91. The number of fused-ring (bicyclic) bond motifs is 1. The third kappa shape index (κ3) is 5.56. The molecule has 2 aromatic rings. The second kappa shape index (κ2) is 9.86. The Labute approximate surface area is 180 Å².